The van der Waals surface area contributed by atoms with E-state index in [1.807, 2.05) is 63.2 Å². The van der Waals surface area contributed by atoms with Gasteiger partial charge in [0.1, 0.15) is 5.60 Å². The van der Waals surface area contributed by atoms with Crippen LogP contribution >= 0.6 is 27.5 Å². The van der Waals surface area contributed by atoms with Crippen LogP contribution < -0.4 is 10.6 Å². The van der Waals surface area contributed by atoms with Crippen molar-refractivity contribution in [2.24, 2.45) is 0 Å². The number of nitrogens with one attached hydrogen (secondary N) is 2. The summed E-state index contributed by atoms with van der Waals surface area (Å²) in [6.45, 7) is 6.96. The molecule has 0 aromatic heterocycles. The molecule has 2 aromatic carbocycles. The van der Waals surface area contributed by atoms with Crippen molar-refractivity contribution in [3.8, 4) is 0 Å². The van der Waals surface area contributed by atoms with E-state index in [9.17, 15) is 4.79 Å². The molecule has 1 amide bonds. The summed E-state index contributed by atoms with van der Waals surface area (Å²) in [7, 11) is 0. The lowest BCUT2D eigenvalue weighted by atomic mass is 10.2. The minimum absolute atomic E-state index is 0.453. The predicted octanol–water partition coefficient (Wildman–Crippen LogP) is 5.74. The number of anilines is 1. The molecule has 0 atom stereocenters. The average Bonchev–Trinajstić information content (AvgIpc) is 2.49. The van der Waals surface area contributed by atoms with Crippen molar-refractivity contribution in [2.45, 2.75) is 39.5 Å². The molecule has 0 aliphatic heterocycles. The van der Waals surface area contributed by atoms with Gasteiger partial charge in [-0.25, -0.2) is 4.79 Å². The van der Waals surface area contributed by atoms with E-state index in [0.29, 0.717) is 10.7 Å². The van der Waals surface area contributed by atoms with Gasteiger partial charge in [0.25, 0.3) is 0 Å². The Hall–Kier alpha value is -1.56. The maximum atomic E-state index is 11.7. The molecule has 2 aromatic rings. The van der Waals surface area contributed by atoms with Gasteiger partial charge in [-0.15, -0.1) is 0 Å². The number of hydrogen-bond acceptors (Lipinski definition) is 3. The number of carbonyl (C=O) groups excluding carboxylic acids is 1. The predicted molar refractivity (Wildman–Crippen MR) is 106 cm³/mol. The smallest absolute Gasteiger partial charge is 0.412 e. The van der Waals surface area contributed by atoms with Gasteiger partial charge < -0.3 is 10.1 Å². The molecular weight excluding hydrogens is 404 g/mol. The third-order valence-corrected chi connectivity index (χ3v) is 4.23. The highest BCUT2D eigenvalue weighted by Gasteiger charge is 2.16. The Bertz CT molecular complexity index is 727. The molecule has 0 aliphatic rings. The fraction of sp³-hybridized carbons (Fsp3) is 0.316. The standard InChI is InChI=1S/C19H22BrClN2O2/c1-19(2,3)25-18(24)23-16-8-4-13(5-9-16)11-22-12-14-6-7-15(21)10-17(14)20/h4-10,22H,11-12H2,1-3H3,(H,23,24). The third-order valence-electron chi connectivity index (χ3n) is 3.26. The van der Waals surface area contributed by atoms with Crippen LogP contribution in [-0.2, 0) is 17.8 Å². The molecule has 0 heterocycles. The van der Waals surface area contributed by atoms with Crippen molar-refractivity contribution in [2.75, 3.05) is 5.32 Å². The SMILES string of the molecule is CC(C)(C)OC(=O)Nc1ccc(CNCc2ccc(Cl)cc2Br)cc1. The van der Waals surface area contributed by atoms with Gasteiger partial charge in [0.05, 0.1) is 0 Å². The number of ether oxygens (including phenoxy) is 1. The second-order valence-electron chi connectivity index (χ2n) is 6.66. The Balaban J connectivity index is 1.83. The van der Waals surface area contributed by atoms with Crippen LogP contribution in [0.15, 0.2) is 46.9 Å². The van der Waals surface area contributed by atoms with Crippen LogP contribution in [0.3, 0.4) is 0 Å². The maximum Gasteiger partial charge on any atom is 0.412 e. The topological polar surface area (TPSA) is 50.4 Å². The van der Waals surface area contributed by atoms with Gasteiger partial charge in [-0.2, -0.15) is 0 Å². The Kier molecular flexibility index (Phi) is 6.87. The van der Waals surface area contributed by atoms with Crippen molar-refractivity contribution in [3.05, 3.63) is 63.1 Å². The second-order valence-corrected chi connectivity index (χ2v) is 7.95. The highest BCUT2D eigenvalue weighted by Crippen LogP contribution is 2.21. The van der Waals surface area contributed by atoms with E-state index in [1.165, 1.54) is 0 Å². The Labute approximate surface area is 162 Å². The molecule has 2 rings (SSSR count). The third kappa shape index (κ3) is 7.06. The van der Waals surface area contributed by atoms with E-state index in [1.54, 1.807) is 0 Å². The van der Waals surface area contributed by atoms with Gasteiger partial charge in [-0.05, 0) is 56.2 Å². The van der Waals surface area contributed by atoms with E-state index in [4.69, 9.17) is 16.3 Å². The van der Waals surface area contributed by atoms with Crippen molar-refractivity contribution in [1.82, 2.24) is 5.32 Å². The number of hydrogen-bond donors (Lipinski definition) is 2. The number of amides is 1. The minimum Gasteiger partial charge on any atom is -0.444 e. The minimum atomic E-state index is -0.510. The summed E-state index contributed by atoms with van der Waals surface area (Å²) in [4.78, 5) is 11.7. The normalized spacial score (nSPS) is 11.2. The van der Waals surface area contributed by atoms with Gasteiger partial charge >= 0.3 is 6.09 Å². The Morgan fingerprint density at radius 3 is 2.40 bits per heavy atom. The molecule has 25 heavy (non-hydrogen) atoms. The van der Waals surface area contributed by atoms with Crippen LogP contribution in [0.5, 0.6) is 0 Å². The molecular formula is C19H22BrClN2O2. The molecule has 0 saturated carbocycles. The summed E-state index contributed by atoms with van der Waals surface area (Å²) < 4.78 is 6.22. The van der Waals surface area contributed by atoms with Crippen LogP contribution in [-0.4, -0.2) is 11.7 Å². The summed E-state index contributed by atoms with van der Waals surface area (Å²) in [5.74, 6) is 0. The van der Waals surface area contributed by atoms with Crippen molar-refractivity contribution >= 4 is 39.3 Å². The van der Waals surface area contributed by atoms with E-state index in [0.717, 1.165) is 28.7 Å². The molecule has 134 valence electrons. The summed E-state index contributed by atoms with van der Waals surface area (Å²) in [6.07, 6.45) is -0.453. The van der Waals surface area contributed by atoms with Crippen LogP contribution in [0.4, 0.5) is 10.5 Å². The van der Waals surface area contributed by atoms with Crippen LogP contribution in [0.1, 0.15) is 31.9 Å². The van der Waals surface area contributed by atoms with Crippen LogP contribution in [0.25, 0.3) is 0 Å². The molecule has 6 heteroatoms. The summed E-state index contributed by atoms with van der Waals surface area (Å²) in [5, 5.41) is 6.82. The van der Waals surface area contributed by atoms with E-state index >= 15 is 0 Å². The van der Waals surface area contributed by atoms with Crippen molar-refractivity contribution in [3.63, 3.8) is 0 Å². The molecule has 0 aliphatic carbocycles. The van der Waals surface area contributed by atoms with E-state index < -0.39 is 11.7 Å². The first-order valence-electron chi connectivity index (χ1n) is 7.96. The number of carbonyl (C=O) groups is 1. The highest BCUT2D eigenvalue weighted by atomic mass is 79.9. The van der Waals surface area contributed by atoms with Crippen molar-refractivity contribution < 1.29 is 9.53 Å². The second kappa shape index (κ2) is 8.70. The lowest BCUT2D eigenvalue weighted by Gasteiger charge is -2.19. The van der Waals surface area contributed by atoms with Crippen molar-refractivity contribution in [1.29, 1.82) is 0 Å². The molecule has 0 unspecified atom stereocenters. The zero-order chi connectivity index (χ0) is 18.4. The average molecular weight is 426 g/mol. The van der Waals surface area contributed by atoms with Gasteiger partial charge in [0.15, 0.2) is 0 Å². The number of benzene rings is 2. The van der Waals surface area contributed by atoms with Gasteiger partial charge in [-0.3, -0.25) is 5.32 Å². The maximum absolute atomic E-state index is 11.7. The lowest BCUT2D eigenvalue weighted by molar-refractivity contribution is 0.0636. The van der Waals surface area contributed by atoms with Crippen LogP contribution in [0, 0.1) is 0 Å². The largest absolute Gasteiger partial charge is 0.444 e. The highest BCUT2D eigenvalue weighted by molar-refractivity contribution is 9.10. The van der Waals surface area contributed by atoms with E-state index in [2.05, 4.69) is 26.6 Å². The first-order chi connectivity index (χ1) is 11.7. The molecule has 0 spiro atoms. The molecule has 0 bridgehead atoms. The first-order valence-corrected chi connectivity index (χ1v) is 9.13. The van der Waals surface area contributed by atoms with Crippen LogP contribution in [0.2, 0.25) is 5.02 Å². The number of halogens is 2. The zero-order valence-electron chi connectivity index (χ0n) is 14.5. The molecule has 0 saturated heterocycles. The molecule has 2 N–H and O–H groups in total. The zero-order valence-corrected chi connectivity index (χ0v) is 16.9. The van der Waals surface area contributed by atoms with Gasteiger partial charge in [0, 0.05) is 28.3 Å². The quantitative estimate of drug-likeness (QED) is 0.642. The summed E-state index contributed by atoms with van der Waals surface area (Å²) >= 11 is 9.45. The Morgan fingerprint density at radius 1 is 1.12 bits per heavy atom. The Morgan fingerprint density at radius 2 is 1.80 bits per heavy atom. The molecule has 4 nitrogen and oxygen atoms in total. The molecule has 0 fully saturated rings. The van der Waals surface area contributed by atoms with Gasteiger partial charge in [-0.1, -0.05) is 45.7 Å². The first kappa shape index (κ1) is 19.8. The van der Waals surface area contributed by atoms with Gasteiger partial charge in [0.2, 0.25) is 0 Å². The molecule has 0 radical (unpaired) electrons. The summed E-state index contributed by atoms with van der Waals surface area (Å²) in [5.41, 5.74) is 2.47. The monoisotopic (exact) mass is 424 g/mol. The summed E-state index contributed by atoms with van der Waals surface area (Å²) in [6, 6.07) is 13.4. The lowest BCUT2D eigenvalue weighted by Crippen LogP contribution is -2.27. The fourth-order valence-corrected chi connectivity index (χ4v) is 2.96. The van der Waals surface area contributed by atoms with E-state index in [-0.39, 0.29) is 0 Å². The number of rotatable bonds is 5. The fourth-order valence-electron chi connectivity index (χ4n) is 2.13.